The van der Waals surface area contributed by atoms with Gasteiger partial charge in [-0.3, -0.25) is 4.79 Å². The molecule has 1 aliphatic rings. The van der Waals surface area contributed by atoms with Gasteiger partial charge in [0, 0.05) is 18.9 Å². The Kier molecular flexibility index (Phi) is 7.46. The first-order chi connectivity index (χ1) is 14.6. The van der Waals surface area contributed by atoms with E-state index < -0.39 is 11.4 Å². The quantitative estimate of drug-likeness (QED) is 0.517. The van der Waals surface area contributed by atoms with Crippen LogP contribution in [0.1, 0.15) is 48.5 Å². The van der Waals surface area contributed by atoms with Crippen LogP contribution in [-0.2, 0) is 19.7 Å². The molecule has 1 heterocycles. The highest BCUT2D eigenvalue weighted by Crippen LogP contribution is 2.36. The molecule has 0 aromatic heterocycles. The van der Waals surface area contributed by atoms with Crippen LogP contribution in [0.4, 0.5) is 5.69 Å². The van der Waals surface area contributed by atoms with Crippen molar-refractivity contribution in [2.24, 2.45) is 0 Å². The van der Waals surface area contributed by atoms with Crippen molar-refractivity contribution in [1.29, 1.82) is 0 Å². The summed E-state index contributed by atoms with van der Waals surface area (Å²) >= 11 is 0. The zero-order chi connectivity index (χ0) is 21.4. The molecule has 0 radical (unpaired) electrons. The van der Waals surface area contributed by atoms with Gasteiger partial charge in [0.25, 0.3) is 0 Å². The number of amides is 1. The summed E-state index contributed by atoms with van der Waals surface area (Å²) in [5.41, 5.74) is 1.14. The fraction of sp³-hybridized carbons (Fsp3) is 0.417. The lowest BCUT2D eigenvalue weighted by molar-refractivity contribution is -0.125. The van der Waals surface area contributed by atoms with Gasteiger partial charge >= 0.3 is 5.97 Å². The highest BCUT2D eigenvalue weighted by Gasteiger charge is 2.41. The minimum atomic E-state index is -0.665. The van der Waals surface area contributed by atoms with Crippen LogP contribution < -0.4 is 10.1 Å². The van der Waals surface area contributed by atoms with Crippen molar-refractivity contribution in [3.63, 3.8) is 0 Å². The zero-order valence-electron chi connectivity index (χ0n) is 17.6. The second-order valence-corrected chi connectivity index (χ2v) is 7.42. The molecule has 2 aromatic rings. The van der Waals surface area contributed by atoms with Crippen LogP contribution in [0.25, 0.3) is 0 Å². The number of ether oxygens (including phenoxy) is 3. The lowest BCUT2D eigenvalue weighted by atomic mass is 9.73. The molecule has 0 spiro atoms. The molecule has 0 saturated carbocycles. The molecule has 3 rings (SSSR count). The van der Waals surface area contributed by atoms with Gasteiger partial charge in [-0.15, -0.1) is 0 Å². The maximum atomic E-state index is 13.4. The van der Waals surface area contributed by atoms with Crippen LogP contribution in [0, 0.1) is 0 Å². The Hall–Kier alpha value is -2.86. The Morgan fingerprint density at radius 3 is 2.50 bits per heavy atom. The molecule has 0 bridgehead atoms. The second kappa shape index (κ2) is 10.3. The Balaban J connectivity index is 1.86. The van der Waals surface area contributed by atoms with Gasteiger partial charge in [-0.1, -0.05) is 43.7 Å². The molecule has 1 amide bonds. The maximum absolute atomic E-state index is 13.4. The average molecular weight is 411 g/mol. The Morgan fingerprint density at radius 1 is 1.10 bits per heavy atom. The first-order valence-electron chi connectivity index (χ1n) is 10.4. The van der Waals surface area contributed by atoms with E-state index in [-0.39, 0.29) is 5.91 Å². The zero-order valence-corrected chi connectivity index (χ0v) is 17.6. The second-order valence-electron chi connectivity index (χ2n) is 7.42. The predicted octanol–water partition coefficient (Wildman–Crippen LogP) is 4.34. The third-order valence-corrected chi connectivity index (χ3v) is 5.51. The normalized spacial score (nSPS) is 15.3. The van der Waals surface area contributed by atoms with Crippen molar-refractivity contribution in [3.8, 4) is 5.75 Å². The van der Waals surface area contributed by atoms with Gasteiger partial charge in [0.2, 0.25) is 5.91 Å². The lowest BCUT2D eigenvalue weighted by Crippen LogP contribution is -2.44. The van der Waals surface area contributed by atoms with E-state index in [0.717, 1.165) is 18.4 Å². The third-order valence-electron chi connectivity index (χ3n) is 5.51. The lowest BCUT2D eigenvalue weighted by Gasteiger charge is -2.36. The van der Waals surface area contributed by atoms with Gasteiger partial charge < -0.3 is 19.5 Å². The van der Waals surface area contributed by atoms with E-state index in [0.29, 0.717) is 49.7 Å². The maximum Gasteiger partial charge on any atom is 0.341 e. The van der Waals surface area contributed by atoms with Crippen molar-refractivity contribution in [2.75, 3.05) is 32.2 Å². The molecule has 6 heteroatoms. The summed E-state index contributed by atoms with van der Waals surface area (Å²) in [7, 11) is 1.33. The molecule has 0 atom stereocenters. The fourth-order valence-corrected chi connectivity index (χ4v) is 3.70. The van der Waals surface area contributed by atoms with E-state index in [1.807, 2.05) is 30.3 Å². The summed E-state index contributed by atoms with van der Waals surface area (Å²) in [4.78, 5) is 25.7. The topological polar surface area (TPSA) is 73.9 Å². The van der Waals surface area contributed by atoms with Crippen LogP contribution in [0.15, 0.2) is 48.5 Å². The third kappa shape index (κ3) is 4.82. The minimum Gasteiger partial charge on any atom is -0.493 e. The number of anilines is 1. The number of methoxy groups -OCH3 is 1. The van der Waals surface area contributed by atoms with E-state index in [4.69, 9.17) is 14.2 Å². The number of unbranched alkanes of at least 4 members (excludes halogenated alkanes) is 1. The van der Waals surface area contributed by atoms with E-state index in [1.165, 1.54) is 7.11 Å². The van der Waals surface area contributed by atoms with E-state index >= 15 is 0 Å². The molecular formula is C24H29NO5. The molecular weight excluding hydrogens is 382 g/mol. The average Bonchev–Trinajstić information content (AvgIpc) is 2.80. The van der Waals surface area contributed by atoms with Crippen LogP contribution in [0.2, 0.25) is 0 Å². The van der Waals surface area contributed by atoms with Crippen LogP contribution in [-0.4, -0.2) is 38.8 Å². The molecule has 1 fully saturated rings. The Labute approximate surface area is 177 Å². The number of nitrogens with one attached hydrogen (secondary N) is 1. The monoisotopic (exact) mass is 411 g/mol. The number of benzene rings is 2. The molecule has 30 heavy (non-hydrogen) atoms. The van der Waals surface area contributed by atoms with Gasteiger partial charge in [-0.05, 0) is 43.0 Å². The number of carbonyl (C=O) groups excluding carboxylic acids is 2. The summed E-state index contributed by atoms with van der Waals surface area (Å²) in [6.07, 6.45) is 3.09. The molecule has 2 aromatic carbocycles. The molecule has 0 aliphatic carbocycles. The predicted molar refractivity (Wildman–Crippen MR) is 115 cm³/mol. The van der Waals surface area contributed by atoms with E-state index in [1.54, 1.807) is 18.2 Å². The first-order valence-corrected chi connectivity index (χ1v) is 10.4. The summed E-state index contributed by atoms with van der Waals surface area (Å²) in [5.74, 6) is -0.147. The number of rotatable bonds is 8. The smallest absolute Gasteiger partial charge is 0.341 e. The van der Waals surface area contributed by atoms with Gasteiger partial charge in [0.15, 0.2) is 0 Å². The highest BCUT2D eigenvalue weighted by molar-refractivity contribution is 6.01. The summed E-state index contributed by atoms with van der Waals surface area (Å²) in [6.45, 7) is 3.64. The number of carbonyl (C=O) groups is 2. The van der Waals surface area contributed by atoms with Crippen molar-refractivity contribution in [3.05, 3.63) is 59.7 Å². The molecule has 160 valence electrons. The number of hydrogen-bond acceptors (Lipinski definition) is 5. The van der Waals surface area contributed by atoms with Crippen molar-refractivity contribution in [2.45, 2.75) is 38.0 Å². The van der Waals surface area contributed by atoms with Crippen LogP contribution in [0.3, 0.4) is 0 Å². The van der Waals surface area contributed by atoms with E-state index in [2.05, 4.69) is 12.2 Å². The van der Waals surface area contributed by atoms with Gasteiger partial charge in [-0.25, -0.2) is 4.79 Å². The number of esters is 1. The fourth-order valence-electron chi connectivity index (χ4n) is 3.70. The van der Waals surface area contributed by atoms with Crippen molar-refractivity contribution in [1.82, 2.24) is 0 Å². The van der Waals surface area contributed by atoms with Crippen LogP contribution >= 0.6 is 0 Å². The van der Waals surface area contributed by atoms with Crippen LogP contribution in [0.5, 0.6) is 5.75 Å². The molecule has 6 nitrogen and oxygen atoms in total. The molecule has 0 unspecified atom stereocenters. The van der Waals surface area contributed by atoms with Gasteiger partial charge in [-0.2, -0.15) is 0 Å². The summed E-state index contributed by atoms with van der Waals surface area (Å²) in [5, 5.41) is 3.01. The van der Waals surface area contributed by atoms with Crippen molar-refractivity contribution >= 4 is 17.6 Å². The Morgan fingerprint density at radius 2 is 1.83 bits per heavy atom. The minimum absolute atomic E-state index is 0.104. The SMILES string of the molecule is CCCCOc1ccc(NC(=O)C2(c3ccccc3)CCOCC2)cc1C(=O)OC. The van der Waals surface area contributed by atoms with Crippen molar-refractivity contribution < 1.29 is 23.8 Å². The van der Waals surface area contributed by atoms with E-state index in [9.17, 15) is 9.59 Å². The summed E-state index contributed by atoms with van der Waals surface area (Å²) in [6, 6.07) is 14.9. The largest absolute Gasteiger partial charge is 0.493 e. The molecule has 1 aliphatic heterocycles. The highest BCUT2D eigenvalue weighted by atomic mass is 16.5. The standard InChI is InChI=1S/C24H29NO5/c1-3-4-14-30-21-11-10-19(17-20(21)22(26)28-2)25-23(27)24(12-15-29-16-13-24)18-8-6-5-7-9-18/h5-11,17H,3-4,12-16H2,1-2H3,(H,25,27). The van der Waals surface area contributed by atoms with Gasteiger partial charge in [0.05, 0.1) is 19.1 Å². The molecule has 1 saturated heterocycles. The number of hydrogen-bond donors (Lipinski definition) is 1. The first kappa shape index (κ1) is 21.8. The van der Waals surface area contributed by atoms with Gasteiger partial charge in [0.1, 0.15) is 11.3 Å². The Bertz CT molecular complexity index is 859. The molecule has 1 N–H and O–H groups in total. The summed E-state index contributed by atoms with van der Waals surface area (Å²) < 4.78 is 16.2.